The highest BCUT2D eigenvalue weighted by atomic mass is 19.3. The van der Waals surface area contributed by atoms with Crippen molar-refractivity contribution < 1.29 is 32.5 Å². The van der Waals surface area contributed by atoms with E-state index in [1.165, 1.54) is 17.0 Å². The molecule has 1 aromatic rings. The van der Waals surface area contributed by atoms with E-state index in [0.29, 0.717) is 26.2 Å². The predicted molar refractivity (Wildman–Crippen MR) is 112 cm³/mol. The first-order valence-corrected chi connectivity index (χ1v) is 10.5. The minimum Gasteiger partial charge on any atom is -0.484 e. The highest BCUT2D eigenvalue weighted by Crippen LogP contribution is 2.41. The first kappa shape index (κ1) is 24.0. The molecular formula is C22H29F2N3O5. The third-order valence-electron chi connectivity index (χ3n) is 5.04. The highest BCUT2D eigenvalue weighted by molar-refractivity contribution is 5.88. The summed E-state index contributed by atoms with van der Waals surface area (Å²) in [6.45, 7) is 5.95. The van der Waals surface area contributed by atoms with Crippen molar-refractivity contribution in [3.05, 3.63) is 17.7 Å². The van der Waals surface area contributed by atoms with Gasteiger partial charge in [-0.15, -0.1) is 0 Å². The average Bonchev–Trinajstić information content (AvgIpc) is 3.17. The largest absolute Gasteiger partial charge is 0.484 e. The number of ether oxygens (including phenoxy) is 4. The molecule has 0 spiro atoms. The normalized spacial score (nSPS) is 23.3. The Bertz CT molecular complexity index is 876. The molecule has 2 heterocycles. The summed E-state index contributed by atoms with van der Waals surface area (Å²) in [6, 6.07) is 4.92. The van der Waals surface area contributed by atoms with Crippen molar-refractivity contribution in [2.24, 2.45) is 0 Å². The number of hydrogen-bond donors (Lipinski definition) is 1. The van der Waals surface area contributed by atoms with Gasteiger partial charge in [0.15, 0.2) is 17.6 Å². The third kappa shape index (κ3) is 5.99. The summed E-state index contributed by atoms with van der Waals surface area (Å²) < 4.78 is 51.6. The number of halogens is 2. The van der Waals surface area contributed by atoms with Crippen LogP contribution in [0.1, 0.15) is 39.2 Å². The number of anilines is 1. The van der Waals surface area contributed by atoms with Gasteiger partial charge in [0.1, 0.15) is 23.3 Å². The Kier molecular flexibility index (Phi) is 7.10. The van der Waals surface area contributed by atoms with Crippen molar-refractivity contribution in [1.82, 2.24) is 4.90 Å². The van der Waals surface area contributed by atoms with Crippen molar-refractivity contribution in [3.63, 3.8) is 0 Å². The molecule has 2 aliphatic heterocycles. The molecule has 3 rings (SSSR count). The molecular weight excluding hydrogens is 424 g/mol. The number of carbonyl (C=O) groups is 1. The minimum atomic E-state index is -3.12. The van der Waals surface area contributed by atoms with Crippen LogP contribution in [0.2, 0.25) is 0 Å². The number of amides is 1. The number of nitrogens with zero attached hydrogens (tertiary/aromatic N) is 2. The molecule has 0 saturated carbocycles. The highest BCUT2D eigenvalue weighted by Gasteiger charge is 2.46. The Labute approximate surface area is 186 Å². The van der Waals surface area contributed by atoms with E-state index in [4.69, 9.17) is 18.9 Å². The maximum absolute atomic E-state index is 14.7. The van der Waals surface area contributed by atoms with E-state index in [1.54, 1.807) is 27.8 Å². The molecule has 2 unspecified atom stereocenters. The Morgan fingerprint density at radius 2 is 2.06 bits per heavy atom. The number of carbonyl (C=O) groups excluding carboxylic acids is 1. The standard InChI is InChI=1S/C22H29F2N3O5/c1-21(2,3)32-20(28)26-16-5-6-17(30-14-8-10-29-12-14)19(15(16)11-25)31-18-7-9-27(4)13-22(18,23)24/h5-6,14,18H,7-10,12-13H2,1-4H3,(H,26,28). The first-order chi connectivity index (χ1) is 15.0. The van der Waals surface area contributed by atoms with Gasteiger partial charge >= 0.3 is 6.09 Å². The van der Waals surface area contributed by atoms with Gasteiger partial charge in [0, 0.05) is 19.4 Å². The Hall–Kier alpha value is -2.64. The fraction of sp³-hybridized carbons (Fsp3) is 0.636. The van der Waals surface area contributed by atoms with Crippen LogP contribution in [0.15, 0.2) is 12.1 Å². The van der Waals surface area contributed by atoms with E-state index in [1.807, 2.05) is 6.07 Å². The summed E-state index contributed by atoms with van der Waals surface area (Å²) in [5.41, 5.74) is -0.775. The van der Waals surface area contributed by atoms with Gasteiger partial charge in [-0.25, -0.2) is 13.6 Å². The summed E-state index contributed by atoms with van der Waals surface area (Å²) in [6.07, 6.45) is -1.80. The topological polar surface area (TPSA) is 93.1 Å². The quantitative estimate of drug-likeness (QED) is 0.725. The zero-order valence-corrected chi connectivity index (χ0v) is 18.7. The lowest BCUT2D eigenvalue weighted by Crippen LogP contribution is -2.52. The maximum Gasteiger partial charge on any atom is 0.412 e. The third-order valence-corrected chi connectivity index (χ3v) is 5.04. The van der Waals surface area contributed by atoms with Crippen LogP contribution < -0.4 is 14.8 Å². The molecule has 8 nitrogen and oxygen atoms in total. The second kappa shape index (κ2) is 9.46. The van der Waals surface area contributed by atoms with E-state index in [2.05, 4.69) is 5.32 Å². The maximum atomic E-state index is 14.7. The molecule has 2 saturated heterocycles. The van der Waals surface area contributed by atoms with Gasteiger partial charge in [-0.1, -0.05) is 0 Å². The zero-order valence-electron chi connectivity index (χ0n) is 18.7. The Balaban J connectivity index is 1.94. The number of piperidine rings is 1. The zero-order chi connectivity index (χ0) is 23.5. The second-order valence-electron chi connectivity index (χ2n) is 9.05. The van der Waals surface area contributed by atoms with Crippen LogP contribution in [0.3, 0.4) is 0 Å². The van der Waals surface area contributed by atoms with Crippen LogP contribution in [-0.2, 0) is 9.47 Å². The number of likely N-dealkylation sites (tertiary alicyclic amines) is 1. The van der Waals surface area contributed by atoms with Crippen LogP contribution in [0.5, 0.6) is 11.5 Å². The Morgan fingerprint density at radius 1 is 1.31 bits per heavy atom. The van der Waals surface area contributed by atoms with Crippen LogP contribution in [0.25, 0.3) is 0 Å². The number of rotatable bonds is 5. The summed E-state index contributed by atoms with van der Waals surface area (Å²) in [5, 5.41) is 12.3. The van der Waals surface area contributed by atoms with Crippen molar-refractivity contribution in [2.45, 2.75) is 57.3 Å². The van der Waals surface area contributed by atoms with Crippen LogP contribution in [0.4, 0.5) is 19.3 Å². The molecule has 1 N–H and O–H groups in total. The van der Waals surface area contributed by atoms with Crippen molar-refractivity contribution in [1.29, 1.82) is 5.26 Å². The lowest BCUT2D eigenvalue weighted by Gasteiger charge is -2.36. The van der Waals surface area contributed by atoms with Gasteiger partial charge in [-0.3, -0.25) is 5.32 Å². The second-order valence-corrected chi connectivity index (χ2v) is 9.05. The lowest BCUT2D eigenvalue weighted by atomic mass is 10.0. The number of nitriles is 1. The van der Waals surface area contributed by atoms with Crippen molar-refractivity contribution in [2.75, 3.05) is 38.7 Å². The molecule has 176 valence electrons. The number of hydrogen-bond acceptors (Lipinski definition) is 7. The molecule has 32 heavy (non-hydrogen) atoms. The SMILES string of the molecule is CN1CCC(Oc2c(OC3CCOC3)ccc(NC(=O)OC(C)(C)C)c2C#N)C(F)(F)C1. The summed E-state index contributed by atoms with van der Waals surface area (Å²) in [5.74, 6) is -3.09. The fourth-order valence-electron chi connectivity index (χ4n) is 3.56. The van der Waals surface area contributed by atoms with Crippen molar-refractivity contribution >= 4 is 11.8 Å². The van der Waals surface area contributed by atoms with Crippen LogP contribution in [-0.4, -0.2) is 68.1 Å². The van der Waals surface area contributed by atoms with E-state index in [9.17, 15) is 18.8 Å². The van der Waals surface area contributed by atoms with E-state index < -0.39 is 30.3 Å². The monoisotopic (exact) mass is 453 g/mol. The average molecular weight is 453 g/mol. The number of benzene rings is 1. The molecule has 0 bridgehead atoms. The molecule has 2 fully saturated rings. The lowest BCUT2D eigenvalue weighted by molar-refractivity contribution is -0.135. The van der Waals surface area contributed by atoms with Crippen LogP contribution >= 0.6 is 0 Å². The van der Waals surface area contributed by atoms with Gasteiger partial charge in [0.2, 0.25) is 0 Å². The smallest absolute Gasteiger partial charge is 0.412 e. The van der Waals surface area contributed by atoms with E-state index in [0.717, 1.165) is 0 Å². The van der Waals surface area contributed by atoms with Gasteiger partial charge in [0.25, 0.3) is 5.92 Å². The van der Waals surface area contributed by atoms with E-state index >= 15 is 0 Å². The molecule has 0 aliphatic carbocycles. The predicted octanol–water partition coefficient (Wildman–Crippen LogP) is 3.79. The van der Waals surface area contributed by atoms with E-state index in [-0.39, 0.29) is 35.3 Å². The van der Waals surface area contributed by atoms with Crippen LogP contribution in [0, 0.1) is 11.3 Å². The molecule has 1 aromatic carbocycles. The number of alkyl halides is 2. The van der Waals surface area contributed by atoms with Gasteiger partial charge in [-0.2, -0.15) is 5.26 Å². The molecule has 1 amide bonds. The minimum absolute atomic E-state index is 0.0735. The first-order valence-electron chi connectivity index (χ1n) is 10.5. The number of nitrogens with one attached hydrogen (secondary N) is 1. The van der Waals surface area contributed by atoms with Gasteiger partial charge in [-0.05, 0) is 40.0 Å². The molecule has 10 heteroatoms. The molecule has 0 radical (unpaired) electrons. The Morgan fingerprint density at radius 3 is 2.66 bits per heavy atom. The molecule has 2 atom stereocenters. The summed E-state index contributed by atoms with van der Waals surface area (Å²) in [7, 11) is 1.62. The molecule has 2 aliphatic rings. The summed E-state index contributed by atoms with van der Waals surface area (Å²) in [4.78, 5) is 13.8. The van der Waals surface area contributed by atoms with Gasteiger partial charge < -0.3 is 23.8 Å². The van der Waals surface area contributed by atoms with Gasteiger partial charge in [0.05, 0.1) is 25.4 Å². The molecule has 0 aromatic heterocycles. The van der Waals surface area contributed by atoms with Crippen molar-refractivity contribution in [3.8, 4) is 17.6 Å². The summed E-state index contributed by atoms with van der Waals surface area (Å²) >= 11 is 0. The fourth-order valence-corrected chi connectivity index (χ4v) is 3.56.